The van der Waals surface area contributed by atoms with Crippen LogP contribution in [0.4, 0.5) is 0 Å². The number of hydrogen-bond acceptors (Lipinski definition) is 3. The molecule has 1 aliphatic rings. The Balaban J connectivity index is 2.17. The second-order valence-electron chi connectivity index (χ2n) is 6.15. The highest BCUT2D eigenvalue weighted by atomic mass is 16.5. The molecule has 0 saturated heterocycles. The van der Waals surface area contributed by atoms with Crippen molar-refractivity contribution in [2.45, 2.75) is 51.7 Å². The van der Waals surface area contributed by atoms with Crippen LogP contribution in [0.5, 0.6) is 0 Å². The molecule has 0 spiro atoms. The van der Waals surface area contributed by atoms with Crippen LogP contribution < -0.4 is 5.32 Å². The fraction of sp³-hybridized carbons (Fsp3) is 0.786. The summed E-state index contributed by atoms with van der Waals surface area (Å²) in [5.41, 5.74) is 1.35. The van der Waals surface area contributed by atoms with Crippen molar-refractivity contribution in [3.8, 4) is 0 Å². The second kappa shape index (κ2) is 5.02. The van der Waals surface area contributed by atoms with Gasteiger partial charge in [-0.15, -0.1) is 0 Å². The molecule has 1 saturated carbocycles. The predicted octanol–water partition coefficient (Wildman–Crippen LogP) is 2.57. The van der Waals surface area contributed by atoms with Gasteiger partial charge in [0.2, 0.25) is 0 Å². The number of nitrogens with zero attached hydrogens (tertiary/aromatic N) is 1. The Labute approximate surface area is 110 Å². The minimum atomic E-state index is -0.207. The molecule has 1 fully saturated rings. The Hall–Kier alpha value is -0.870. The summed E-state index contributed by atoms with van der Waals surface area (Å²) >= 11 is 0. The summed E-state index contributed by atoms with van der Waals surface area (Å²) in [7, 11) is 3.74. The Morgan fingerprint density at radius 2 is 2.00 bits per heavy atom. The molecule has 0 atom stereocenters. The van der Waals surface area contributed by atoms with Crippen LogP contribution in [0.1, 0.15) is 51.0 Å². The monoisotopic (exact) mass is 251 g/mol. The van der Waals surface area contributed by atoms with E-state index in [2.05, 4.69) is 29.1 Å². The Bertz CT molecular complexity index is 387. The number of hydrogen-bond donors (Lipinski definition) is 2. The molecule has 0 aromatic carbocycles. The van der Waals surface area contributed by atoms with E-state index in [9.17, 15) is 0 Å². The third-order valence-corrected chi connectivity index (χ3v) is 4.23. The van der Waals surface area contributed by atoms with Gasteiger partial charge in [-0.2, -0.15) is 0 Å². The van der Waals surface area contributed by atoms with E-state index in [1.165, 1.54) is 12.8 Å². The van der Waals surface area contributed by atoms with Gasteiger partial charge < -0.3 is 15.0 Å². The zero-order chi connectivity index (χ0) is 13.2. The lowest BCUT2D eigenvalue weighted by Crippen LogP contribution is -2.37. The summed E-state index contributed by atoms with van der Waals surface area (Å²) in [6.07, 6.45) is 6.37. The van der Waals surface area contributed by atoms with Crippen molar-refractivity contribution < 1.29 is 4.74 Å². The maximum atomic E-state index is 5.84. The molecule has 1 aliphatic carbocycles. The first-order valence-corrected chi connectivity index (χ1v) is 6.75. The number of nitrogens with one attached hydrogen (secondary N) is 2. The summed E-state index contributed by atoms with van der Waals surface area (Å²) in [5, 5.41) is 3.13. The third-order valence-electron chi connectivity index (χ3n) is 4.23. The molecule has 4 heteroatoms. The fourth-order valence-electron chi connectivity index (χ4n) is 2.74. The summed E-state index contributed by atoms with van der Waals surface area (Å²) < 4.78 is 5.84. The Morgan fingerprint density at radius 1 is 1.33 bits per heavy atom. The topological polar surface area (TPSA) is 49.9 Å². The largest absolute Gasteiger partial charge is 0.370 e. The average molecular weight is 251 g/mol. The van der Waals surface area contributed by atoms with Crippen molar-refractivity contribution in [1.29, 1.82) is 0 Å². The molecule has 0 aliphatic heterocycles. The standard InChI is InChI=1S/C14H25N3O/c1-13(2)5-7-14(18-4,8-6-13)12-16-10-11(17-12)9-15-3/h10,15H,5-9H2,1-4H3,(H,16,17). The summed E-state index contributed by atoms with van der Waals surface area (Å²) in [6, 6.07) is 0. The molecular weight excluding hydrogens is 226 g/mol. The first kappa shape index (κ1) is 13.6. The predicted molar refractivity (Wildman–Crippen MR) is 72.3 cm³/mol. The Morgan fingerprint density at radius 3 is 2.56 bits per heavy atom. The number of aromatic amines is 1. The molecule has 1 aromatic rings. The van der Waals surface area contributed by atoms with Crippen LogP contribution in [-0.2, 0) is 16.9 Å². The van der Waals surface area contributed by atoms with Gasteiger partial charge in [0.1, 0.15) is 11.4 Å². The SMILES string of the molecule is CNCc1cnc(C2(OC)CCC(C)(C)CC2)[nH]1. The fourth-order valence-corrected chi connectivity index (χ4v) is 2.74. The van der Waals surface area contributed by atoms with Gasteiger partial charge in [0.25, 0.3) is 0 Å². The smallest absolute Gasteiger partial charge is 0.138 e. The van der Waals surface area contributed by atoms with Crippen LogP contribution in [0.2, 0.25) is 0 Å². The second-order valence-corrected chi connectivity index (χ2v) is 6.15. The zero-order valence-electron chi connectivity index (χ0n) is 12.0. The number of rotatable bonds is 4. The van der Waals surface area contributed by atoms with Crippen LogP contribution in [0, 0.1) is 5.41 Å². The minimum absolute atomic E-state index is 0.207. The van der Waals surface area contributed by atoms with Gasteiger partial charge in [-0.1, -0.05) is 13.8 Å². The molecular formula is C14H25N3O. The van der Waals surface area contributed by atoms with Crippen LogP contribution in [0.3, 0.4) is 0 Å². The lowest BCUT2D eigenvalue weighted by molar-refractivity contribution is -0.0724. The maximum absolute atomic E-state index is 5.84. The highest BCUT2D eigenvalue weighted by molar-refractivity contribution is 5.11. The van der Waals surface area contributed by atoms with E-state index < -0.39 is 0 Å². The molecule has 0 amide bonds. The molecule has 0 unspecified atom stereocenters. The molecule has 0 radical (unpaired) electrons. The van der Waals surface area contributed by atoms with Crippen molar-refractivity contribution >= 4 is 0 Å². The van der Waals surface area contributed by atoms with E-state index in [0.717, 1.165) is 30.9 Å². The molecule has 2 N–H and O–H groups in total. The highest BCUT2D eigenvalue weighted by Crippen LogP contribution is 2.46. The number of ether oxygens (including phenoxy) is 1. The summed E-state index contributed by atoms with van der Waals surface area (Å²) in [4.78, 5) is 7.93. The number of H-pyrrole nitrogens is 1. The summed E-state index contributed by atoms with van der Waals surface area (Å²) in [6.45, 7) is 5.49. The first-order chi connectivity index (χ1) is 8.51. The average Bonchev–Trinajstić information content (AvgIpc) is 2.80. The lowest BCUT2D eigenvalue weighted by Gasteiger charge is -2.41. The zero-order valence-corrected chi connectivity index (χ0v) is 12.0. The lowest BCUT2D eigenvalue weighted by atomic mass is 9.70. The molecule has 4 nitrogen and oxygen atoms in total. The number of aromatic nitrogens is 2. The van der Waals surface area contributed by atoms with E-state index in [0.29, 0.717) is 5.41 Å². The van der Waals surface area contributed by atoms with Crippen molar-refractivity contribution in [3.05, 3.63) is 17.7 Å². The van der Waals surface area contributed by atoms with Crippen LogP contribution >= 0.6 is 0 Å². The maximum Gasteiger partial charge on any atom is 0.138 e. The van der Waals surface area contributed by atoms with Gasteiger partial charge in [-0.05, 0) is 38.1 Å². The van der Waals surface area contributed by atoms with Crippen molar-refractivity contribution in [1.82, 2.24) is 15.3 Å². The summed E-state index contributed by atoms with van der Waals surface area (Å²) in [5.74, 6) is 0.991. The van der Waals surface area contributed by atoms with Gasteiger partial charge in [0.05, 0.1) is 0 Å². The van der Waals surface area contributed by atoms with Gasteiger partial charge in [0, 0.05) is 25.5 Å². The van der Waals surface area contributed by atoms with E-state index in [1.54, 1.807) is 7.11 Å². The molecule has 102 valence electrons. The van der Waals surface area contributed by atoms with E-state index in [4.69, 9.17) is 4.74 Å². The third kappa shape index (κ3) is 2.59. The highest BCUT2D eigenvalue weighted by Gasteiger charge is 2.41. The molecule has 1 aromatic heterocycles. The van der Waals surface area contributed by atoms with Gasteiger partial charge in [-0.3, -0.25) is 0 Å². The molecule has 0 bridgehead atoms. The quantitative estimate of drug-likeness (QED) is 0.864. The van der Waals surface area contributed by atoms with Crippen LogP contribution in [0.25, 0.3) is 0 Å². The van der Waals surface area contributed by atoms with Crippen molar-refractivity contribution in [2.75, 3.05) is 14.2 Å². The first-order valence-electron chi connectivity index (χ1n) is 6.75. The van der Waals surface area contributed by atoms with Crippen LogP contribution in [-0.4, -0.2) is 24.1 Å². The van der Waals surface area contributed by atoms with Gasteiger partial charge >= 0.3 is 0 Å². The van der Waals surface area contributed by atoms with Gasteiger partial charge in [-0.25, -0.2) is 4.98 Å². The minimum Gasteiger partial charge on any atom is -0.370 e. The Kier molecular flexibility index (Phi) is 3.78. The van der Waals surface area contributed by atoms with Crippen molar-refractivity contribution in [3.63, 3.8) is 0 Å². The van der Waals surface area contributed by atoms with Gasteiger partial charge in [0.15, 0.2) is 0 Å². The molecule has 18 heavy (non-hydrogen) atoms. The van der Waals surface area contributed by atoms with E-state index in [-0.39, 0.29) is 5.60 Å². The number of imidazole rings is 1. The van der Waals surface area contributed by atoms with E-state index >= 15 is 0 Å². The normalized spacial score (nSPS) is 22.0. The number of methoxy groups -OCH3 is 1. The van der Waals surface area contributed by atoms with E-state index in [1.807, 2.05) is 13.2 Å². The molecule has 1 heterocycles. The van der Waals surface area contributed by atoms with Crippen molar-refractivity contribution in [2.24, 2.45) is 5.41 Å². The molecule has 2 rings (SSSR count). The van der Waals surface area contributed by atoms with Crippen LogP contribution in [0.15, 0.2) is 6.20 Å².